The molecule has 0 fully saturated rings. The number of H-pyrrole nitrogens is 1. The largest absolute Gasteiger partial charge is 0.516 e. The number of hydrogen-bond donors (Lipinski definition) is 3. The van der Waals surface area contributed by atoms with E-state index in [1.54, 1.807) is 24.3 Å². The van der Waals surface area contributed by atoms with Crippen molar-refractivity contribution in [3.05, 3.63) is 69.4 Å². The summed E-state index contributed by atoms with van der Waals surface area (Å²) in [6, 6.07) is 10.9. The number of fused-ring (bicyclic) bond motifs is 1. The number of aromatic amines is 1. The number of amides is 1. The van der Waals surface area contributed by atoms with Gasteiger partial charge in [0, 0.05) is 24.3 Å². The zero-order valence-electron chi connectivity index (χ0n) is 15.6. The maximum Gasteiger partial charge on any atom is 0.516 e. The first kappa shape index (κ1) is 22.1. The van der Waals surface area contributed by atoms with Crippen molar-refractivity contribution >= 4 is 38.2 Å². The fourth-order valence-electron chi connectivity index (χ4n) is 2.74. The van der Waals surface area contributed by atoms with Gasteiger partial charge in [-0.05, 0) is 36.4 Å². The van der Waals surface area contributed by atoms with Gasteiger partial charge >= 0.3 is 21.2 Å². The van der Waals surface area contributed by atoms with Crippen LogP contribution in [0.5, 0.6) is 0 Å². The summed E-state index contributed by atoms with van der Waals surface area (Å²) in [7, 11) is -5.55. The Kier molecular flexibility index (Phi) is 5.88. The second-order valence-corrected chi connectivity index (χ2v) is 8.03. The average Bonchev–Trinajstić information content (AvgIpc) is 2.68. The lowest BCUT2D eigenvalue weighted by atomic mass is 10.2. The van der Waals surface area contributed by atoms with Crippen LogP contribution in [0, 0.1) is 0 Å². The Hall–Kier alpha value is -3.61. The Labute approximate surface area is 172 Å². The number of carbonyl (C=O) groups excluding carboxylic acids is 1. The van der Waals surface area contributed by atoms with Crippen LogP contribution in [0.15, 0.2) is 58.1 Å². The van der Waals surface area contributed by atoms with Crippen molar-refractivity contribution in [3.8, 4) is 0 Å². The van der Waals surface area contributed by atoms with Crippen LogP contribution in [0.1, 0.15) is 6.42 Å². The lowest BCUT2D eigenvalue weighted by Crippen LogP contribution is -2.31. The minimum absolute atomic E-state index is 0.0363. The quantitative estimate of drug-likeness (QED) is 0.522. The number of benzene rings is 2. The number of nitrogens with one attached hydrogen (secondary N) is 3. The fourth-order valence-corrected chi connectivity index (χ4v) is 3.30. The van der Waals surface area contributed by atoms with Crippen LogP contribution in [0.2, 0.25) is 0 Å². The molecule has 2 aromatic carbocycles. The van der Waals surface area contributed by atoms with Gasteiger partial charge in [0.15, 0.2) is 0 Å². The van der Waals surface area contributed by atoms with Gasteiger partial charge in [-0.25, -0.2) is 4.79 Å². The van der Waals surface area contributed by atoms with E-state index in [-0.39, 0.29) is 24.3 Å². The Balaban J connectivity index is 1.67. The fraction of sp³-hybridized carbons (Fsp3) is 0.167. The number of carbonyl (C=O) groups is 1. The molecule has 0 saturated heterocycles. The van der Waals surface area contributed by atoms with Gasteiger partial charge in [0.1, 0.15) is 0 Å². The summed E-state index contributed by atoms with van der Waals surface area (Å²) in [6.07, 6.45) is -0.140. The van der Waals surface area contributed by atoms with Gasteiger partial charge in [-0.1, -0.05) is 12.1 Å². The number of para-hydroxylation sites is 1. The second-order valence-electron chi connectivity index (χ2n) is 6.35. The van der Waals surface area contributed by atoms with E-state index in [4.69, 9.17) is 0 Å². The van der Waals surface area contributed by atoms with Crippen LogP contribution in [-0.2, 0) is 21.4 Å². The number of sulfonamides is 1. The van der Waals surface area contributed by atoms with E-state index >= 15 is 0 Å². The number of aromatic nitrogens is 2. The van der Waals surface area contributed by atoms with Crippen molar-refractivity contribution in [1.29, 1.82) is 0 Å². The van der Waals surface area contributed by atoms with Crippen LogP contribution in [0.4, 0.5) is 24.5 Å². The SMILES string of the molecule is O=C(CCn1c(=O)[nH]c(=O)c2ccccc21)Nc1ccc(NS(=O)(=O)C(F)(F)F)cc1. The number of nitrogens with zero attached hydrogens (tertiary/aromatic N) is 1. The lowest BCUT2D eigenvalue weighted by molar-refractivity contribution is -0.116. The van der Waals surface area contributed by atoms with Crippen LogP contribution < -0.4 is 21.3 Å². The molecule has 0 aliphatic carbocycles. The van der Waals surface area contributed by atoms with Gasteiger partial charge in [-0.3, -0.25) is 23.9 Å². The molecule has 1 amide bonds. The monoisotopic (exact) mass is 456 g/mol. The van der Waals surface area contributed by atoms with Crippen molar-refractivity contribution in [2.75, 3.05) is 10.0 Å². The molecule has 1 heterocycles. The maximum absolute atomic E-state index is 12.4. The number of aryl methyl sites for hydroxylation is 1. The van der Waals surface area contributed by atoms with Gasteiger partial charge in [0.2, 0.25) is 5.91 Å². The molecule has 3 rings (SSSR count). The van der Waals surface area contributed by atoms with Gasteiger partial charge in [-0.2, -0.15) is 21.6 Å². The van der Waals surface area contributed by atoms with Gasteiger partial charge in [0.05, 0.1) is 10.9 Å². The van der Waals surface area contributed by atoms with E-state index in [0.29, 0.717) is 10.9 Å². The Morgan fingerprint density at radius 2 is 1.61 bits per heavy atom. The first-order valence-corrected chi connectivity index (χ1v) is 10.2. The smallest absolute Gasteiger partial charge is 0.326 e. The van der Waals surface area contributed by atoms with E-state index in [9.17, 15) is 36.0 Å². The number of halogens is 3. The van der Waals surface area contributed by atoms with Crippen molar-refractivity contribution in [2.24, 2.45) is 0 Å². The molecule has 0 aliphatic heterocycles. The summed E-state index contributed by atoms with van der Waals surface area (Å²) in [5, 5.41) is 2.78. The molecule has 13 heteroatoms. The van der Waals surface area contributed by atoms with Crippen molar-refractivity contribution in [2.45, 2.75) is 18.5 Å². The van der Waals surface area contributed by atoms with Crippen LogP contribution in [0.3, 0.4) is 0 Å². The normalized spacial score (nSPS) is 12.0. The Morgan fingerprint density at radius 1 is 1.00 bits per heavy atom. The molecule has 9 nitrogen and oxygen atoms in total. The average molecular weight is 456 g/mol. The van der Waals surface area contributed by atoms with Crippen molar-refractivity contribution in [1.82, 2.24) is 9.55 Å². The molecule has 0 bridgehead atoms. The summed E-state index contributed by atoms with van der Waals surface area (Å²) >= 11 is 0. The summed E-state index contributed by atoms with van der Waals surface area (Å²) in [5.41, 5.74) is -6.42. The second kappa shape index (κ2) is 8.26. The zero-order chi connectivity index (χ0) is 22.8. The third-order valence-electron chi connectivity index (χ3n) is 4.19. The van der Waals surface area contributed by atoms with Gasteiger partial charge < -0.3 is 5.32 Å². The lowest BCUT2D eigenvalue weighted by Gasteiger charge is -2.12. The molecule has 0 aliphatic rings. The molecule has 0 atom stereocenters. The van der Waals surface area contributed by atoms with Crippen LogP contribution in [0.25, 0.3) is 10.9 Å². The topological polar surface area (TPSA) is 130 Å². The Morgan fingerprint density at radius 3 is 2.26 bits per heavy atom. The highest BCUT2D eigenvalue weighted by Gasteiger charge is 2.46. The van der Waals surface area contributed by atoms with E-state index in [0.717, 1.165) is 12.1 Å². The third-order valence-corrected chi connectivity index (χ3v) is 5.31. The molecule has 0 unspecified atom stereocenters. The molecule has 0 radical (unpaired) electrons. The van der Waals surface area contributed by atoms with Gasteiger partial charge in [-0.15, -0.1) is 0 Å². The minimum atomic E-state index is -5.55. The van der Waals surface area contributed by atoms with Crippen LogP contribution >= 0.6 is 0 Å². The highest BCUT2D eigenvalue weighted by molar-refractivity contribution is 7.93. The molecule has 3 aromatic rings. The summed E-state index contributed by atoms with van der Waals surface area (Å²) in [6.45, 7) is -0.0363. The molecule has 1 aromatic heterocycles. The number of rotatable bonds is 6. The standard InChI is InChI=1S/C18H15F3N4O5S/c19-18(20,21)31(29,30)24-12-7-5-11(6-8-12)22-15(26)9-10-25-14-4-2-1-3-13(14)16(27)23-17(25)28/h1-8,24H,9-10H2,(H,22,26)(H,23,27,28). The molecule has 164 valence electrons. The number of alkyl halides is 3. The predicted octanol–water partition coefficient (Wildman–Crippen LogP) is 1.98. The molecular formula is C18H15F3N4O5S. The van der Waals surface area contributed by atoms with E-state index in [1.807, 2.05) is 0 Å². The summed E-state index contributed by atoms with van der Waals surface area (Å²) < 4.78 is 62.0. The summed E-state index contributed by atoms with van der Waals surface area (Å²) in [5.74, 6) is -0.509. The highest BCUT2D eigenvalue weighted by atomic mass is 32.2. The maximum atomic E-state index is 12.4. The molecule has 0 spiro atoms. The van der Waals surface area contributed by atoms with E-state index < -0.39 is 32.7 Å². The Bertz CT molecular complexity index is 1350. The molecule has 3 N–H and O–H groups in total. The van der Waals surface area contributed by atoms with Gasteiger partial charge in [0.25, 0.3) is 5.56 Å². The van der Waals surface area contributed by atoms with E-state index in [1.165, 1.54) is 21.4 Å². The predicted molar refractivity (Wildman–Crippen MR) is 107 cm³/mol. The number of hydrogen-bond acceptors (Lipinski definition) is 5. The van der Waals surface area contributed by atoms with Crippen molar-refractivity contribution < 1.29 is 26.4 Å². The first-order chi connectivity index (χ1) is 14.5. The first-order valence-electron chi connectivity index (χ1n) is 8.69. The zero-order valence-corrected chi connectivity index (χ0v) is 16.4. The molecular weight excluding hydrogens is 441 g/mol. The van der Waals surface area contributed by atoms with Crippen molar-refractivity contribution in [3.63, 3.8) is 0 Å². The van der Waals surface area contributed by atoms with Crippen LogP contribution in [-0.4, -0.2) is 29.4 Å². The molecule has 0 saturated carbocycles. The minimum Gasteiger partial charge on any atom is -0.326 e. The van der Waals surface area contributed by atoms with E-state index in [2.05, 4.69) is 10.3 Å². The summed E-state index contributed by atoms with van der Waals surface area (Å²) in [4.78, 5) is 38.3. The highest BCUT2D eigenvalue weighted by Crippen LogP contribution is 2.26. The number of anilines is 2. The molecule has 31 heavy (non-hydrogen) atoms. The third kappa shape index (κ3) is 4.94.